The minimum Gasteiger partial charge on any atom is -0.344 e. The van der Waals surface area contributed by atoms with Crippen LogP contribution in [0.25, 0.3) is 5.57 Å². The van der Waals surface area contributed by atoms with E-state index in [2.05, 4.69) is 42.1 Å². The SMILES string of the molecule is C/C(=C\N1c2ccc(Cl)cc2C2CN(C)CCC21)c1ccc(S(C)(=O)=O)cc1. The van der Waals surface area contributed by atoms with E-state index in [1.165, 1.54) is 17.5 Å². The van der Waals surface area contributed by atoms with Crippen molar-refractivity contribution in [2.45, 2.75) is 30.2 Å². The van der Waals surface area contributed by atoms with Gasteiger partial charge in [-0.05, 0) is 74.0 Å². The molecule has 1 saturated heterocycles. The van der Waals surface area contributed by atoms with Gasteiger partial charge in [0, 0.05) is 41.7 Å². The number of fused-ring (bicyclic) bond motifs is 3. The van der Waals surface area contributed by atoms with Gasteiger partial charge in [0.2, 0.25) is 0 Å². The van der Waals surface area contributed by atoms with Crippen LogP contribution in [0.15, 0.2) is 53.6 Å². The van der Waals surface area contributed by atoms with E-state index in [0.29, 0.717) is 16.9 Å². The molecule has 2 atom stereocenters. The topological polar surface area (TPSA) is 40.6 Å². The number of likely N-dealkylation sites (N-methyl/N-ethyl adjacent to an activating group) is 1. The smallest absolute Gasteiger partial charge is 0.175 e. The van der Waals surface area contributed by atoms with Gasteiger partial charge in [-0.1, -0.05) is 23.7 Å². The van der Waals surface area contributed by atoms with Crippen LogP contribution in [0.2, 0.25) is 5.02 Å². The fourth-order valence-corrected chi connectivity index (χ4v) is 5.20. The van der Waals surface area contributed by atoms with Gasteiger partial charge in [0.05, 0.1) is 4.90 Å². The molecule has 2 heterocycles. The predicted molar refractivity (Wildman–Crippen MR) is 116 cm³/mol. The molecular formula is C22H25ClN2O2S. The molecular weight excluding hydrogens is 392 g/mol. The van der Waals surface area contributed by atoms with Crippen LogP contribution in [0.3, 0.4) is 0 Å². The largest absolute Gasteiger partial charge is 0.344 e. The summed E-state index contributed by atoms with van der Waals surface area (Å²) in [6.07, 6.45) is 4.54. The molecule has 2 aromatic rings. The molecule has 2 unspecified atom stereocenters. The fraction of sp³-hybridized carbons (Fsp3) is 0.364. The van der Waals surface area contributed by atoms with Gasteiger partial charge in [-0.3, -0.25) is 0 Å². The van der Waals surface area contributed by atoms with Gasteiger partial charge in [0.1, 0.15) is 0 Å². The van der Waals surface area contributed by atoms with Crippen LogP contribution in [0.1, 0.15) is 30.4 Å². The third-order valence-corrected chi connectivity index (χ3v) is 7.24. The summed E-state index contributed by atoms with van der Waals surface area (Å²) < 4.78 is 23.4. The summed E-state index contributed by atoms with van der Waals surface area (Å²) in [7, 11) is -1.01. The third-order valence-electron chi connectivity index (χ3n) is 5.87. The maximum atomic E-state index is 11.7. The minimum absolute atomic E-state index is 0.348. The summed E-state index contributed by atoms with van der Waals surface area (Å²) in [5.74, 6) is 0.448. The molecule has 0 aromatic heterocycles. The lowest BCUT2D eigenvalue weighted by Gasteiger charge is -2.36. The van der Waals surface area contributed by atoms with Gasteiger partial charge in [-0.25, -0.2) is 8.42 Å². The Labute approximate surface area is 172 Å². The summed E-state index contributed by atoms with van der Waals surface area (Å²) in [5.41, 5.74) is 4.68. The van der Waals surface area contributed by atoms with Crippen LogP contribution in [-0.4, -0.2) is 45.8 Å². The molecule has 148 valence electrons. The molecule has 0 radical (unpaired) electrons. The second kappa shape index (κ2) is 7.21. The number of sulfone groups is 1. The summed E-state index contributed by atoms with van der Waals surface area (Å²) >= 11 is 6.30. The molecule has 4 rings (SSSR count). The Bertz CT molecular complexity index is 1030. The summed E-state index contributed by atoms with van der Waals surface area (Å²) in [6.45, 7) is 4.19. The number of benzene rings is 2. The number of piperidine rings is 1. The van der Waals surface area contributed by atoms with E-state index in [1.807, 2.05) is 18.2 Å². The summed E-state index contributed by atoms with van der Waals surface area (Å²) in [5, 5.41) is 0.782. The zero-order chi connectivity index (χ0) is 20.1. The fourth-order valence-electron chi connectivity index (χ4n) is 4.39. The van der Waals surface area contributed by atoms with Crippen molar-refractivity contribution in [1.29, 1.82) is 0 Å². The van der Waals surface area contributed by atoms with Crippen LogP contribution in [-0.2, 0) is 9.84 Å². The highest BCUT2D eigenvalue weighted by atomic mass is 35.5. The third kappa shape index (κ3) is 3.59. The maximum Gasteiger partial charge on any atom is 0.175 e. The average molecular weight is 417 g/mol. The van der Waals surface area contributed by atoms with Gasteiger partial charge in [-0.15, -0.1) is 0 Å². The van der Waals surface area contributed by atoms with Gasteiger partial charge in [0.15, 0.2) is 9.84 Å². The Morgan fingerprint density at radius 1 is 1.18 bits per heavy atom. The number of hydrogen-bond acceptors (Lipinski definition) is 4. The lowest BCUT2D eigenvalue weighted by atomic mass is 9.89. The number of halogens is 1. The van der Waals surface area contributed by atoms with Crippen LogP contribution < -0.4 is 4.90 Å². The van der Waals surface area contributed by atoms with Gasteiger partial charge in [-0.2, -0.15) is 0 Å². The quantitative estimate of drug-likeness (QED) is 0.743. The first-order chi connectivity index (χ1) is 13.2. The lowest BCUT2D eigenvalue weighted by Crippen LogP contribution is -2.43. The molecule has 6 heteroatoms. The number of rotatable bonds is 3. The van der Waals surface area contributed by atoms with Crippen molar-refractivity contribution in [3.63, 3.8) is 0 Å². The number of nitrogens with zero attached hydrogens (tertiary/aromatic N) is 2. The molecule has 2 aromatic carbocycles. The number of hydrogen-bond donors (Lipinski definition) is 0. The van der Waals surface area contributed by atoms with Crippen molar-refractivity contribution in [2.24, 2.45) is 0 Å². The summed E-state index contributed by atoms with van der Waals surface area (Å²) in [6, 6.07) is 13.7. The molecule has 1 fully saturated rings. The number of allylic oxidation sites excluding steroid dienone is 1. The zero-order valence-corrected chi connectivity index (χ0v) is 18.0. The predicted octanol–water partition coefficient (Wildman–Crippen LogP) is 4.41. The Morgan fingerprint density at radius 3 is 2.57 bits per heavy atom. The second-order valence-electron chi connectivity index (χ2n) is 7.94. The Kier molecular flexibility index (Phi) is 5.02. The zero-order valence-electron chi connectivity index (χ0n) is 16.4. The molecule has 0 saturated carbocycles. The molecule has 0 aliphatic carbocycles. The van der Waals surface area contributed by atoms with Gasteiger partial charge in [0.25, 0.3) is 0 Å². The monoisotopic (exact) mass is 416 g/mol. The molecule has 4 nitrogen and oxygen atoms in total. The van der Waals surface area contributed by atoms with Crippen molar-refractivity contribution in [3.05, 3.63) is 64.8 Å². The lowest BCUT2D eigenvalue weighted by molar-refractivity contribution is 0.235. The first-order valence-corrected chi connectivity index (χ1v) is 11.8. The molecule has 0 N–H and O–H groups in total. The van der Waals surface area contributed by atoms with Gasteiger partial charge >= 0.3 is 0 Å². The van der Waals surface area contributed by atoms with E-state index in [9.17, 15) is 8.42 Å². The van der Waals surface area contributed by atoms with E-state index in [0.717, 1.165) is 35.7 Å². The first-order valence-electron chi connectivity index (χ1n) is 9.49. The number of anilines is 1. The molecule has 0 bridgehead atoms. The molecule has 0 amide bonds. The highest BCUT2D eigenvalue weighted by Gasteiger charge is 2.40. The second-order valence-corrected chi connectivity index (χ2v) is 10.4. The molecule has 2 aliphatic rings. The van der Waals surface area contributed by atoms with Crippen molar-refractivity contribution >= 4 is 32.7 Å². The summed E-state index contributed by atoms with van der Waals surface area (Å²) in [4.78, 5) is 5.12. The Balaban J connectivity index is 1.70. The number of likely N-dealkylation sites (tertiary alicyclic amines) is 1. The van der Waals surface area contributed by atoms with Crippen molar-refractivity contribution in [3.8, 4) is 0 Å². The highest BCUT2D eigenvalue weighted by molar-refractivity contribution is 7.90. The Morgan fingerprint density at radius 2 is 1.89 bits per heavy atom. The standard InChI is InChI=1S/C22H25ClN2O2S/c1-15(16-4-7-18(8-5-16)28(3,26)27)13-25-21-9-6-17(23)12-19(21)20-14-24(2)11-10-22(20)25/h4-9,12-13,20,22H,10-11,14H2,1-3H3/b15-13+. The van der Waals surface area contributed by atoms with Crippen LogP contribution >= 0.6 is 11.6 Å². The van der Waals surface area contributed by atoms with Crippen LogP contribution in [0.4, 0.5) is 5.69 Å². The van der Waals surface area contributed by atoms with E-state index in [-0.39, 0.29) is 0 Å². The first kappa shape index (κ1) is 19.5. The Hall–Kier alpha value is -1.82. The molecule has 0 spiro atoms. The van der Waals surface area contributed by atoms with E-state index >= 15 is 0 Å². The van der Waals surface area contributed by atoms with Gasteiger partial charge < -0.3 is 9.80 Å². The van der Waals surface area contributed by atoms with Crippen LogP contribution in [0.5, 0.6) is 0 Å². The van der Waals surface area contributed by atoms with Crippen molar-refractivity contribution < 1.29 is 8.42 Å². The average Bonchev–Trinajstić information content (AvgIpc) is 2.93. The van der Waals surface area contributed by atoms with Crippen LogP contribution in [0, 0.1) is 0 Å². The highest BCUT2D eigenvalue weighted by Crippen LogP contribution is 2.46. The van der Waals surface area contributed by atoms with Crippen molar-refractivity contribution in [1.82, 2.24) is 4.90 Å². The normalized spacial score (nSPS) is 22.9. The maximum absolute atomic E-state index is 11.7. The molecule has 28 heavy (non-hydrogen) atoms. The van der Waals surface area contributed by atoms with E-state index < -0.39 is 9.84 Å². The van der Waals surface area contributed by atoms with E-state index in [1.54, 1.807) is 12.1 Å². The van der Waals surface area contributed by atoms with Crippen molar-refractivity contribution in [2.75, 3.05) is 31.3 Å². The van der Waals surface area contributed by atoms with E-state index in [4.69, 9.17) is 11.6 Å². The minimum atomic E-state index is -3.18. The molecule has 2 aliphatic heterocycles.